The maximum Gasteiger partial charge on any atom is 0.251 e. The lowest BCUT2D eigenvalue weighted by Crippen LogP contribution is -2.48. The number of tetrazole rings is 1. The van der Waals surface area contributed by atoms with Crippen LogP contribution < -0.4 is 21.7 Å². The van der Waals surface area contributed by atoms with Crippen LogP contribution in [0.4, 0.5) is 5.69 Å². The maximum atomic E-state index is 13.7. The van der Waals surface area contributed by atoms with Gasteiger partial charge >= 0.3 is 0 Å². The number of rotatable bonds is 11. The third kappa shape index (κ3) is 8.99. The smallest absolute Gasteiger partial charge is 0.251 e. The summed E-state index contributed by atoms with van der Waals surface area (Å²) in [6.45, 7) is 4.43. The monoisotopic (exact) mass is 711 g/mol. The summed E-state index contributed by atoms with van der Waals surface area (Å²) in [6, 6.07) is 18.0. The van der Waals surface area contributed by atoms with Gasteiger partial charge in [-0.15, -0.1) is 10.2 Å². The van der Waals surface area contributed by atoms with E-state index in [1.807, 2.05) is 43.3 Å². The third-order valence-corrected chi connectivity index (χ3v) is 10.8. The van der Waals surface area contributed by atoms with Gasteiger partial charge in [0.15, 0.2) is 0 Å². The maximum absolute atomic E-state index is 13.7. The molecule has 0 radical (unpaired) electrons. The van der Waals surface area contributed by atoms with Crippen LogP contribution in [-0.2, 0) is 16.0 Å². The number of carbonyl (C=O) groups is 3. The Balaban J connectivity index is 1.15. The molecular weight excluding hydrogens is 666 g/mol. The first-order valence-corrected chi connectivity index (χ1v) is 18.1. The van der Waals surface area contributed by atoms with E-state index in [0.717, 1.165) is 79.4 Å². The molecule has 1 saturated carbocycles. The van der Waals surface area contributed by atoms with Gasteiger partial charge in [-0.1, -0.05) is 41.9 Å². The standard InChI is InChI=1S/C38H46ClN9O3/c1-23-31(37(50)41-30-17-19-48(2)20-18-30)15-16-32(34(23)39)26-7-3-24(4-8-26)21-33(43-36(49)28-9-5-25(22-40)6-10-28)38(51)42-29-13-11-27(12-14-29)35-44-46-47-45-35/h3-4,7-8,11-16,25,28,30,33H,5-6,9-10,17-22,40H2,1-2H3,(H,41,50)(H,42,51)(H,43,49)(H,44,45,46,47). The normalized spacial score (nSPS) is 18.9. The number of carbonyl (C=O) groups excluding carboxylic acids is 3. The zero-order chi connectivity index (χ0) is 35.9. The summed E-state index contributed by atoms with van der Waals surface area (Å²) >= 11 is 6.86. The zero-order valence-electron chi connectivity index (χ0n) is 29.1. The number of aromatic amines is 1. The van der Waals surface area contributed by atoms with E-state index in [-0.39, 0.29) is 29.7 Å². The van der Waals surface area contributed by atoms with E-state index in [1.165, 1.54) is 0 Å². The summed E-state index contributed by atoms with van der Waals surface area (Å²) in [5.74, 6) is 0.204. The third-order valence-electron chi connectivity index (χ3n) is 10.3. The number of amides is 3. The van der Waals surface area contributed by atoms with Crippen molar-refractivity contribution in [2.75, 3.05) is 32.0 Å². The molecule has 51 heavy (non-hydrogen) atoms. The van der Waals surface area contributed by atoms with Gasteiger partial charge in [-0.3, -0.25) is 14.4 Å². The number of anilines is 1. The molecule has 4 aromatic rings. The molecule has 0 bridgehead atoms. The quantitative estimate of drug-likeness (QED) is 0.148. The highest BCUT2D eigenvalue weighted by Crippen LogP contribution is 2.33. The number of nitrogens with two attached hydrogens (primary N) is 1. The van der Waals surface area contributed by atoms with Crippen LogP contribution in [0.1, 0.15) is 60.0 Å². The van der Waals surface area contributed by atoms with Gasteiger partial charge in [0.25, 0.3) is 5.91 Å². The molecule has 1 aliphatic carbocycles. The van der Waals surface area contributed by atoms with E-state index in [9.17, 15) is 14.4 Å². The van der Waals surface area contributed by atoms with Gasteiger partial charge in [0.1, 0.15) is 6.04 Å². The molecule has 6 rings (SSSR count). The van der Waals surface area contributed by atoms with E-state index >= 15 is 0 Å². The van der Waals surface area contributed by atoms with Gasteiger partial charge in [0.2, 0.25) is 17.6 Å². The fourth-order valence-electron chi connectivity index (χ4n) is 7.00. The molecule has 0 spiro atoms. The van der Waals surface area contributed by atoms with Crippen LogP contribution in [-0.4, -0.2) is 82.0 Å². The molecule has 268 valence electrons. The lowest BCUT2D eigenvalue weighted by atomic mass is 9.81. The number of H-pyrrole nitrogens is 1. The van der Waals surface area contributed by atoms with Gasteiger partial charge in [0, 0.05) is 40.8 Å². The SMILES string of the molecule is Cc1c(C(=O)NC2CCN(C)CC2)ccc(-c2ccc(CC(NC(=O)C3CCC(CN)CC3)C(=O)Nc3ccc(-c4nn[nH]n4)cc3)cc2)c1Cl. The first kappa shape index (κ1) is 36.2. The van der Waals surface area contributed by atoms with Crippen LogP contribution in [0.15, 0.2) is 60.7 Å². The van der Waals surface area contributed by atoms with E-state index in [2.05, 4.69) is 48.5 Å². The molecule has 1 aromatic heterocycles. The van der Waals surface area contributed by atoms with Crippen LogP contribution in [0.2, 0.25) is 5.02 Å². The number of hydrogen-bond donors (Lipinski definition) is 5. The molecule has 1 aliphatic heterocycles. The highest BCUT2D eigenvalue weighted by atomic mass is 35.5. The summed E-state index contributed by atoms with van der Waals surface area (Å²) in [7, 11) is 2.10. The second-order valence-corrected chi connectivity index (χ2v) is 14.2. The topological polar surface area (TPSA) is 171 Å². The Morgan fingerprint density at radius 3 is 2.27 bits per heavy atom. The minimum atomic E-state index is -0.805. The fraction of sp³-hybridized carbons (Fsp3) is 0.421. The van der Waals surface area contributed by atoms with Crippen molar-refractivity contribution < 1.29 is 14.4 Å². The number of nitrogens with one attached hydrogen (secondary N) is 4. The lowest BCUT2D eigenvalue weighted by molar-refractivity contribution is -0.130. The Kier molecular flexibility index (Phi) is 11.8. The van der Waals surface area contributed by atoms with E-state index in [4.69, 9.17) is 17.3 Å². The van der Waals surface area contributed by atoms with Crippen molar-refractivity contribution in [3.63, 3.8) is 0 Å². The van der Waals surface area contributed by atoms with Crippen molar-refractivity contribution in [1.29, 1.82) is 0 Å². The number of benzene rings is 3. The predicted octanol–water partition coefficient (Wildman–Crippen LogP) is 4.75. The Morgan fingerprint density at radius 2 is 1.63 bits per heavy atom. The van der Waals surface area contributed by atoms with Crippen LogP contribution in [0, 0.1) is 18.8 Å². The number of halogens is 1. The molecule has 1 atom stereocenters. The number of nitrogens with zero attached hydrogens (tertiary/aromatic N) is 4. The van der Waals surface area contributed by atoms with Crippen molar-refractivity contribution in [3.05, 3.63) is 82.4 Å². The number of aromatic nitrogens is 4. The molecule has 3 aromatic carbocycles. The highest BCUT2D eigenvalue weighted by Gasteiger charge is 2.30. The molecular formula is C38H46ClN9O3. The lowest BCUT2D eigenvalue weighted by Gasteiger charge is -2.29. The Bertz CT molecular complexity index is 1800. The molecule has 12 nitrogen and oxygen atoms in total. The summed E-state index contributed by atoms with van der Waals surface area (Å²) < 4.78 is 0. The summed E-state index contributed by atoms with van der Waals surface area (Å²) in [6.07, 6.45) is 5.48. The molecule has 1 saturated heterocycles. The summed E-state index contributed by atoms with van der Waals surface area (Å²) in [4.78, 5) is 42.6. The van der Waals surface area contributed by atoms with Crippen LogP contribution in [0.3, 0.4) is 0 Å². The summed E-state index contributed by atoms with van der Waals surface area (Å²) in [5, 5.41) is 23.7. The van der Waals surface area contributed by atoms with Gasteiger partial charge < -0.3 is 26.6 Å². The van der Waals surface area contributed by atoms with Gasteiger partial charge in [-0.05, 0) is 130 Å². The van der Waals surface area contributed by atoms with E-state index < -0.39 is 6.04 Å². The minimum Gasteiger partial charge on any atom is -0.349 e. The van der Waals surface area contributed by atoms with Crippen LogP contribution in [0.5, 0.6) is 0 Å². The van der Waals surface area contributed by atoms with Crippen molar-refractivity contribution >= 4 is 35.0 Å². The summed E-state index contributed by atoms with van der Waals surface area (Å²) in [5.41, 5.74) is 11.1. The average Bonchev–Trinajstić information content (AvgIpc) is 3.69. The number of hydrogen-bond acceptors (Lipinski definition) is 8. The van der Waals surface area contributed by atoms with Gasteiger partial charge in [-0.25, -0.2) is 0 Å². The second kappa shape index (κ2) is 16.6. The number of likely N-dealkylation sites (tertiary alicyclic amines) is 1. The molecule has 2 heterocycles. The Labute approximate surface area is 303 Å². The molecule has 2 aliphatic rings. The van der Waals surface area contributed by atoms with Crippen molar-refractivity contribution in [2.24, 2.45) is 17.6 Å². The molecule has 1 unspecified atom stereocenters. The largest absolute Gasteiger partial charge is 0.349 e. The Morgan fingerprint density at radius 1 is 0.941 bits per heavy atom. The minimum absolute atomic E-state index is 0.104. The van der Waals surface area contributed by atoms with Gasteiger partial charge in [-0.2, -0.15) is 5.21 Å². The fourth-order valence-corrected chi connectivity index (χ4v) is 7.28. The first-order chi connectivity index (χ1) is 24.7. The number of piperidine rings is 1. The van der Waals surface area contributed by atoms with E-state index in [0.29, 0.717) is 41.0 Å². The average molecular weight is 712 g/mol. The molecule has 6 N–H and O–H groups in total. The molecule has 13 heteroatoms. The predicted molar refractivity (Wildman–Crippen MR) is 198 cm³/mol. The second-order valence-electron chi connectivity index (χ2n) is 13.9. The molecule has 3 amide bonds. The molecule has 2 fully saturated rings. The highest BCUT2D eigenvalue weighted by molar-refractivity contribution is 6.34. The van der Waals surface area contributed by atoms with Crippen molar-refractivity contribution in [1.82, 2.24) is 36.2 Å². The van der Waals surface area contributed by atoms with Gasteiger partial charge in [0.05, 0.1) is 5.02 Å². The zero-order valence-corrected chi connectivity index (χ0v) is 29.9. The van der Waals surface area contributed by atoms with Crippen LogP contribution in [0.25, 0.3) is 22.5 Å². The van der Waals surface area contributed by atoms with Crippen molar-refractivity contribution in [3.8, 4) is 22.5 Å². The first-order valence-electron chi connectivity index (χ1n) is 17.7. The van der Waals surface area contributed by atoms with E-state index in [1.54, 1.807) is 24.3 Å². The van der Waals surface area contributed by atoms with Crippen molar-refractivity contribution in [2.45, 2.75) is 64.0 Å². The Hall–Kier alpha value is -4.65. The van der Waals surface area contributed by atoms with Crippen LogP contribution >= 0.6 is 11.6 Å².